The highest BCUT2D eigenvalue weighted by Crippen LogP contribution is 2.35. The lowest BCUT2D eigenvalue weighted by molar-refractivity contribution is -0.151. The van der Waals surface area contributed by atoms with Crippen LogP contribution in [0.15, 0.2) is 0 Å². The van der Waals surface area contributed by atoms with Crippen LogP contribution in [0.25, 0.3) is 0 Å². The molecule has 0 heterocycles. The second-order valence-electron chi connectivity index (χ2n) is 4.86. The predicted octanol–water partition coefficient (Wildman–Crippen LogP) is 1.73. The van der Waals surface area contributed by atoms with Crippen LogP contribution < -0.4 is 5.32 Å². The van der Waals surface area contributed by atoms with Crippen molar-refractivity contribution in [3.63, 3.8) is 0 Å². The number of nitrogens with one attached hydrogen (secondary N) is 1. The van der Waals surface area contributed by atoms with Crippen molar-refractivity contribution in [2.24, 2.45) is 5.92 Å². The number of hydrogen-bond acceptors (Lipinski definition) is 4. The van der Waals surface area contributed by atoms with Crippen LogP contribution in [-0.4, -0.2) is 38.9 Å². The topological polar surface area (TPSA) is 47.6 Å². The van der Waals surface area contributed by atoms with Crippen LogP contribution in [0.2, 0.25) is 0 Å². The molecule has 1 aliphatic carbocycles. The monoisotopic (exact) mass is 243 g/mol. The SMILES string of the molecule is CCC1CCCC(NCCOC)(C(=O)OC)C1. The van der Waals surface area contributed by atoms with Gasteiger partial charge in [0.1, 0.15) is 5.54 Å². The molecule has 1 saturated carbocycles. The predicted molar refractivity (Wildman–Crippen MR) is 66.9 cm³/mol. The maximum Gasteiger partial charge on any atom is 0.326 e. The maximum absolute atomic E-state index is 12.0. The van der Waals surface area contributed by atoms with Gasteiger partial charge in [-0.25, -0.2) is 0 Å². The third kappa shape index (κ3) is 3.68. The molecule has 1 N–H and O–H groups in total. The third-order valence-corrected chi connectivity index (χ3v) is 3.78. The van der Waals surface area contributed by atoms with E-state index in [2.05, 4.69) is 12.2 Å². The third-order valence-electron chi connectivity index (χ3n) is 3.78. The molecule has 0 aromatic heterocycles. The fourth-order valence-corrected chi connectivity index (χ4v) is 2.74. The van der Waals surface area contributed by atoms with E-state index in [0.717, 1.165) is 25.7 Å². The molecule has 2 unspecified atom stereocenters. The molecule has 1 rings (SSSR count). The summed E-state index contributed by atoms with van der Waals surface area (Å²) in [6.07, 6.45) is 5.21. The molecule has 0 bridgehead atoms. The molecule has 17 heavy (non-hydrogen) atoms. The molecule has 1 aliphatic rings. The molecule has 0 radical (unpaired) electrons. The second-order valence-corrected chi connectivity index (χ2v) is 4.86. The quantitative estimate of drug-likeness (QED) is 0.570. The van der Waals surface area contributed by atoms with Crippen molar-refractivity contribution in [1.82, 2.24) is 5.32 Å². The Hall–Kier alpha value is -0.610. The van der Waals surface area contributed by atoms with E-state index in [-0.39, 0.29) is 5.97 Å². The van der Waals surface area contributed by atoms with Crippen LogP contribution in [0.4, 0.5) is 0 Å². The van der Waals surface area contributed by atoms with Gasteiger partial charge in [0, 0.05) is 13.7 Å². The first-order chi connectivity index (χ1) is 8.18. The minimum atomic E-state index is -0.480. The number of carbonyl (C=O) groups is 1. The Bertz CT molecular complexity index is 245. The van der Waals surface area contributed by atoms with Crippen molar-refractivity contribution in [3.8, 4) is 0 Å². The highest BCUT2D eigenvalue weighted by atomic mass is 16.5. The first-order valence-electron chi connectivity index (χ1n) is 6.51. The summed E-state index contributed by atoms with van der Waals surface area (Å²) < 4.78 is 10.0. The summed E-state index contributed by atoms with van der Waals surface area (Å²) in [5.74, 6) is 0.504. The highest BCUT2D eigenvalue weighted by molar-refractivity contribution is 5.80. The summed E-state index contributed by atoms with van der Waals surface area (Å²) in [6.45, 7) is 3.50. The molecule has 100 valence electrons. The largest absolute Gasteiger partial charge is 0.468 e. The van der Waals surface area contributed by atoms with E-state index in [9.17, 15) is 4.79 Å². The standard InChI is InChI=1S/C13H25NO3/c1-4-11-6-5-7-13(10-11,12(15)17-3)14-8-9-16-2/h11,14H,4-10H2,1-3H3. The van der Waals surface area contributed by atoms with Gasteiger partial charge in [0.05, 0.1) is 13.7 Å². The van der Waals surface area contributed by atoms with Crippen LogP contribution in [0, 0.1) is 5.92 Å². The van der Waals surface area contributed by atoms with Gasteiger partial charge >= 0.3 is 5.97 Å². The minimum Gasteiger partial charge on any atom is -0.468 e. The van der Waals surface area contributed by atoms with Gasteiger partial charge in [-0.05, 0) is 18.8 Å². The Morgan fingerprint density at radius 1 is 1.47 bits per heavy atom. The van der Waals surface area contributed by atoms with Crippen molar-refractivity contribution < 1.29 is 14.3 Å². The van der Waals surface area contributed by atoms with Gasteiger partial charge in [-0.2, -0.15) is 0 Å². The van der Waals surface area contributed by atoms with Gasteiger partial charge in [-0.3, -0.25) is 10.1 Å². The Labute approximate surface area is 104 Å². The van der Waals surface area contributed by atoms with E-state index in [1.54, 1.807) is 7.11 Å². The van der Waals surface area contributed by atoms with E-state index in [1.807, 2.05) is 0 Å². The average molecular weight is 243 g/mol. The molecule has 0 amide bonds. The molecule has 1 fully saturated rings. The van der Waals surface area contributed by atoms with Crippen molar-refractivity contribution in [3.05, 3.63) is 0 Å². The van der Waals surface area contributed by atoms with Crippen LogP contribution in [0.3, 0.4) is 0 Å². The lowest BCUT2D eigenvalue weighted by Gasteiger charge is -2.39. The van der Waals surface area contributed by atoms with E-state index in [4.69, 9.17) is 9.47 Å². The minimum absolute atomic E-state index is 0.119. The lowest BCUT2D eigenvalue weighted by atomic mass is 9.74. The van der Waals surface area contributed by atoms with Crippen molar-refractivity contribution in [2.45, 2.75) is 44.6 Å². The summed E-state index contributed by atoms with van der Waals surface area (Å²) in [5, 5.41) is 3.35. The maximum atomic E-state index is 12.0. The van der Waals surface area contributed by atoms with Crippen molar-refractivity contribution in [1.29, 1.82) is 0 Å². The fraction of sp³-hybridized carbons (Fsp3) is 0.923. The molecular formula is C13H25NO3. The van der Waals surface area contributed by atoms with E-state index >= 15 is 0 Å². The van der Waals surface area contributed by atoms with Gasteiger partial charge in [0.15, 0.2) is 0 Å². The van der Waals surface area contributed by atoms with E-state index < -0.39 is 5.54 Å². The molecule has 0 aliphatic heterocycles. The molecule has 4 heteroatoms. The lowest BCUT2D eigenvalue weighted by Crippen LogP contribution is -2.56. The highest BCUT2D eigenvalue weighted by Gasteiger charge is 2.42. The average Bonchev–Trinajstić information content (AvgIpc) is 2.38. The molecule has 0 saturated heterocycles. The number of hydrogen-bond donors (Lipinski definition) is 1. The summed E-state index contributed by atoms with van der Waals surface area (Å²) >= 11 is 0. The molecule has 0 aromatic carbocycles. The van der Waals surface area contributed by atoms with Crippen LogP contribution in [0.5, 0.6) is 0 Å². The molecule has 4 nitrogen and oxygen atoms in total. The fourth-order valence-electron chi connectivity index (χ4n) is 2.74. The Morgan fingerprint density at radius 3 is 2.82 bits per heavy atom. The normalized spacial score (nSPS) is 29.0. The first-order valence-corrected chi connectivity index (χ1v) is 6.51. The zero-order chi connectivity index (χ0) is 12.7. The van der Waals surface area contributed by atoms with Crippen molar-refractivity contribution in [2.75, 3.05) is 27.4 Å². The summed E-state index contributed by atoms with van der Waals surface area (Å²) in [4.78, 5) is 12.0. The van der Waals surface area contributed by atoms with Gasteiger partial charge in [0.2, 0.25) is 0 Å². The first kappa shape index (κ1) is 14.5. The van der Waals surface area contributed by atoms with Crippen molar-refractivity contribution >= 4 is 5.97 Å². The summed E-state index contributed by atoms with van der Waals surface area (Å²) in [5.41, 5.74) is -0.480. The Kier molecular flexibility index (Phi) is 5.92. The van der Waals surface area contributed by atoms with Crippen LogP contribution in [0.1, 0.15) is 39.0 Å². The zero-order valence-electron chi connectivity index (χ0n) is 11.3. The molecule has 2 atom stereocenters. The molecular weight excluding hydrogens is 218 g/mol. The Morgan fingerprint density at radius 2 is 2.24 bits per heavy atom. The summed E-state index contributed by atoms with van der Waals surface area (Å²) in [6, 6.07) is 0. The zero-order valence-corrected chi connectivity index (χ0v) is 11.3. The van der Waals surface area contributed by atoms with Gasteiger partial charge in [0.25, 0.3) is 0 Å². The van der Waals surface area contributed by atoms with E-state index in [0.29, 0.717) is 19.1 Å². The molecule has 0 spiro atoms. The van der Waals surface area contributed by atoms with Gasteiger partial charge in [-0.1, -0.05) is 26.2 Å². The smallest absolute Gasteiger partial charge is 0.326 e. The number of ether oxygens (including phenoxy) is 2. The van der Waals surface area contributed by atoms with Crippen LogP contribution in [-0.2, 0) is 14.3 Å². The number of methoxy groups -OCH3 is 2. The van der Waals surface area contributed by atoms with Gasteiger partial charge in [-0.15, -0.1) is 0 Å². The Balaban J connectivity index is 2.67. The second kappa shape index (κ2) is 6.97. The number of esters is 1. The van der Waals surface area contributed by atoms with E-state index in [1.165, 1.54) is 13.5 Å². The number of carbonyl (C=O) groups excluding carboxylic acids is 1. The van der Waals surface area contributed by atoms with Crippen LogP contribution >= 0.6 is 0 Å². The summed E-state index contributed by atoms with van der Waals surface area (Å²) in [7, 11) is 3.14. The number of rotatable bonds is 6. The van der Waals surface area contributed by atoms with Gasteiger partial charge < -0.3 is 9.47 Å². The molecule has 0 aromatic rings.